The Labute approximate surface area is 94.3 Å². The second kappa shape index (κ2) is 3.00. The fourth-order valence-electron chi connectivity index (χ4n) is 1.95. The molecule has 7 heteroatoms. The smallest absolute Gasteiger partial charge is 0.312 e. The molecule has 6 nitrogen and oxygen atoms in total. The lowest BCUT2D eigenvalue weighted by molar-refractivity contribution is 0.686. The van der Waals surface area contributed by atoms with Gasteiger partial charge in [0.25, 0.3) is 5.56 Å². The number of nitrogens with one attached hydrogen (secondary N) is 1. The van der Waals surface area contributed by atoms with Crippen LogP contribution in [0, 0.1) is 0 Å². The summed E-state index contributed by atoms with van der Waals surface area (Å²) in [6.45, 7) is 2.85. The Morgan fingerprint density at radius 1 is 1.50 bits per heavy atom. The van der Waals surface area contributed by atoms with Gasteiger partial charge in [0.1, 0.15) is 0 Å². The van der Waals surface area contributed by atoms with Crippen LogP contribution >= 0.6 is 11.8 Å². The fraction of sp³-hybridized carbons (Fsp3) is 0.444. The van der Waals surface area contributed by atoms with E-state index in [0.29, 0.717) is 16.4 Å². The molecule has 84 valence electrons. The van der Waals surface area contributed by atoms with E-state index in [2.05, 4.69) is 16.9 Å². The Hall–Kier alpha value is -1.50. The van der Waals surface area contributed by atoms with E-state index in [4.69, 9.17) is 0 Å². The average molecular weight is 238 g/mol. The van der Waals surface area contributed by atoms with E-state index < -0.39 is 5.69 Å². The molecule has 1 atom stereocenters. The molecule has 0 fully saturated rings. The van der Waals surface area contributed by atoms with Crippen LogP contribution in [0.5, 0.6) is 0 Å². The summed E-state index contributed by atoms with van der Waals surface area (Å²) < 4.78 is 3.25. The first-order valence-corrected chi connectivity index (χ1v) is 5.82. The Kier molecular flexibility index (Phi) is 1.82. The quantitative estimate of drug-likeness (QED) is 0.696. The van der Waals surface area contributed by atoms with Crippen molar-refractivity contribution in [2.45, 2.75) is 23.9 Å². The van der Waals surface area contributed by atoms with Gasteiger partial charge in [0.15, 0.2) is 16.3 Å². The lowest BCUT2D eigenvalue weighted by Gasteiger charge is -2.01. The molecule has 2 aromatic heterocycles. The molecular weight excluding hydrogens is 228 g/mol. The van der Waals surface area contributed by atoms with Crippen LogP contribution in [-0.4, -0.2) is 24.4 Å². The molecule has 0 radical (unpaired) electrons. The summed E-state index contributed by atoms with van der Waals surface area (Å²) in [5.41, 5.74) is 0.177. The molecular formula is C9H10N4O2S. The molecule has 16 heavy (non-hydrogen) atoms. The summed E-state index contributed by atoms with van der Waals surface area (Å²) in [5, 5.41) is 1.23. The number of fused-ring (bicyclic) bond motifs is 3. The van der Waals surface area contributed by atoms with Crippen molar-refractivity contribution in [3.8, 4) is 0 Å². The van der Waals surface area contributed by atoms with E-state index in [1.165, 1.54) is 4.57 Å². The normalized spacial score (nSPS) is 19.2. The minimum Gasteiger partial charge on any atom is -0.312 e. The average Bonchev–Trinajstić information content (AvgIpc) is 2.69. The fourth-order valence-corrected chi connectivity index (χ4v) is 2.96. The third kappa shape index (κ3) is 1.12. The molecule has 3 rings (SSSR count). The first-order chi connectivity index (χ1) is 7.58. The molecule has 0 saturated carbocycles. The molecule has 0 aromatic carbocycles. The van der Waals surface area contributed by atoms with E-state index in [0.717, 1.165) is 11.7 Å². The second-order valence-electron chi connectivity index (χ2n) is 3.92. The van der Waals surface area contributed by atoms with Gasteiger partial charge in [-0.1, -0.05) is 18.7 Å². The Balaban J connectivity index is 2.49. The monoisotopic (exact) mass is 238 g/mol. The Morgan fingerprint density at radius 2 is 2.25 bits per heavy atom. The van der Waals surface area contributed by atoms with E-state index >= 15 is 0 Å². The van der Waals surface area contributed by atoms with Crippen molar-refractivity contribution >= 4 is 22.9 Å². The van der Waals surface area contributed by atoms with Crippen LogP contribution in [0.4, 0.5) is 0 Å². The minimum absolute atomic E-state index is 0.355. The summed E-state index contributed by atoms with van der Waals surface area (Å²) in [7, 11) is 1.61. The van der Waals surface area contributed by atoms with Crippen molar-refractivity contribution in [2.75, 3.05) is 0 Å². The van der Waals surface area contributed by atoms with Crippen LogP contribution in [0.25, 0.3) is 11.2 Å². The van der Waals surface area contributed by atoms with Gasteiger partial charge in [-0.3, -0.25) is 14.3 Å². The number of imidazole rings is 1. The van der Waals surface area contributed by atoms with Gasteiger partial charge in [0.05, 0.1) is 0 Å². The Bertz CT molecular complexity index is 696. The highest BCUT2D eigenvalue weighted by Gasteiger charge is 2.25. The molecule has 3 heterocycles. The Morgan fingerprint density at radius 3 is 3.00 bits per heavy atom. The van der Waals surface area contributed by atoms with Crippen molar-refractivity contribution in [1.82, 2.24) is 19.1 Å². The van der Waals surface area contributed by atoms with Crippen molar-refractivity contribution < 1.29 is 0 Å². The molecule has 2 aromatic rings. The third-order valence-electron chi connectivity index (χ3n) is 2.72. The molecule has 0 saturated heterocycles. The number of hydrogen-bond donors (Lipinski definition) is 1. The second-order valence-corrected chi connectivity index (χ2v) is 5.33. The standard InChI is InChI=1S/C9H10N4O2S/c1-4-3-13-5-6(10-9(13)16-4)12(2)8(15)11-7(5)14/h4H,3H2,1-2H3,(H,11,14,15). The highest BCUT2D eigenvalue weighted by Crippen LogP contribution is 2.32. The first-order valence-electron chi connectivity index (χ1n) is 4.94. The number of aromatic nitrogens is 4. The van der Waals surface area contributed by atoms with Crippen LogP contribution in [0.3, 0.4) is 0 Å². The summed E-state index contributed by atoms with van der Waals surface area (Å²) in [5.74, 6) is 0. The molecule has 1 unspecified atom stereocenters. The van der Waals surface area contributed by atoms with Crippen LogP contribution < -0.4 is 11.2 Å². The van der Waals surface area contributed by atoms with Crippen LogP contribution in [0.1, 0.15) is 6.92 Å². The molecule has 0 amide bonds. The van der Waals surface area contributed by atoms with Gasteiger partial charge in [-0.15, -0.1) is 0 Å². The molecule has 1 aliphatic rings. The van der Waals surface area contributed by atoms with Crippen LogP contribution in [0.2, 0.25) is 0 Å². The van der Waals surface area contributed by atoms with E-state index in [1.54, 1.807) is 18.8 Å². The lowest BCUT2D eigenvalue weighted by Crippen LogP contribution is -2.29. The van der Waals surface area contributed by atoms with Gasteiger partial charge in [-0.25, -0.2) is 9.78 Å². The highest BCUT2D eigenvalue weighted by molar-refractivity contribution is 8.00. The van der Waals surface area contributed by atoms with E-state index in [-0.39, 0.29) is 5.56 Å². The lowest BCUT2D eigenvalue weighted by atomic mass is 10.4. The SMILES string of the molecule is CC1Cn2c(nc3c2c(=O)[nH]c(=O)n3C)S1. The maximum Gasteiger partial charge on any atom is 0.329 e. The van der Waals surface area contributed by atoms with Gasteiger partial charge >= 0.3 is 5.69 Å². The predicted molar refractivity (Wildman–Crippen MR) is 60.9 cm³/mol. The predicted octanol–water partition coefficient (Wildman–Crippen LogP) is -0.0825. The maximum absolute atomic E-state index is 11.7. The van der Waals surface area contributed by atoms with Gasteiger partial charge in [0.2, 0.25) is 0 Å². The van der Waals surface area contributed by atoms with Crippen molar-refractivity contribution in [3.05, 3.63) is 20.8 Å². The zero-order valence-corrected chi connectivity index (χ0v) is 9.67. The van der Waals surface area contributed by atoms with Gasteiger partial charge < -0.3 is 4.57 Å². The molecule has 0 bridgehead atoms. The summed E-state index contributed by atoms with van der Waals surface area (Å²) in [4.78, 5) is 29.8. The van der Waals surface area contributed by atoms with E-state index in [1.807, 2.05) is 4.57 Å². The first kappa shape index (κ1) is 9.71. The van der Waals surface area contributed by atoms with Gasteiger partial charge in [-0.05, 0) is 0 Å². The van der Waals surface area contributed by atoms with Gasteiger partial charge in [0, 0.05) is 18.8 Å². The number of thioether (sulfide) groups is 1. The van der Waals surface area contributed by atoms with Gasteiger partial charge in [-0.2, -0.15) is 0 Å². The maximum atomic E-state index is 11.7. The number of hydrogen-bond acceptors (Lipinski definition) is 4. The number of H-pyrrole nitrogens is 1. The third-order valence-corrected chi connectivity index (χ3v) is 3.79. The number of aryl methyl sites for hydroxylation is 1. The van der Waals surface area contributed by atoms with Crippen molar-refractivity contribution in [2.24, 2.45) is 7.05 Å². The minimum atomic E-state index is -0.424. The highest BCUT2D eigenvalue weighted by atomic mass is 32.2. The summed E-state index contributed by atoms with van der Waals surface area (Å²) >= 11 is 1.62. The molecule has 1 aliphatic heterocycles. The molecule has 0 aliphatic carbocycles. The van der Waals surface area contributed by atoms with E-state index in [9.17, 15) is 9.59 Å². The molecule has 1 N–H and O–H groups in total. The van der Waals surface area contributed by atoms with Crippen LogP contribution in [-0.2, 0) is 13.6 Å². The summed E-state index contributed by atoms with van der Waals surface area (Å²) in [6.07, 6.45) is 0. The largest absolute Gasteiger partial charge is 0.329 e. The zero-order valence-electron chi connectivity index (χ0n) is 8.85. The number of nitrogens with zero attached hydrogens (tertiary/aromatic N) is 3. The topological polar surface area (TPSA) is 72.7 Å². The van der Waals surface area contributed by atoms with Crippen molar-refractivity contribution in [1.29, 1.82) is 0 Å². The zero-order chi connectivity index (χ0) is 11.4. The number of aromatic amines is 1. The molecule has 0 spiro atoms. The van der Waals surface area contributed by atoms with Crippen molar-refractivity contribution in [3.63, 3.8) is 0 Å². The van der Waals surface area contributed by atoms with Crippen LogP contribution in [0.15, 0.2) is 14.7 Å². The summed E-state index contributed by atoms with van der Waals surface area (Å²) in [6, 6.07) is 0. The number of rotatable bonds is 0.